The van der Waals surface area contributed by atoms with E-state index in [9.17, 15) is 15.2 Å². The summed E-state index contributed by atoms with van der Waals surface area (Å²) in [4.78, 5) is 19.8. The number of nitriles is 1. The Morgan fingerprint density at radius 1 is 1.29 bits per heavy atom. The lowest BCUT2D eigenvalue weighted by Gasteiger charge is -2.39. The molecule has 7 nitrogen and oxygen atoms in total. The molecule has 1 fully saturated rings. The standard InChI is InChI=1S/C21H22N4O3/c1-14-12-24(8-9-25(14)21(26)27)20-17(11-22)16-7-10-28-13-18(16)19(23-20)15-5-3-2-4-6-15/h2-6,14H,7-10,12-13H2,1H3,(H,26,27). The normalized spacial score (nSPS) is 19.1. The summed E-state index contributed by atoms with van der Waals surface area (Å²) in [6.07, 6.45) is -0.230. The molecule has 1 amide bonds. The maximum Gasteiger partial charge on any atom is 0.407 e. The van der Waals surface area contributed by atoms with Crippen LogP contribution in [0.3, 0.4) is 0 Å². The number of carboxylic acid groups (broad SMARTS) is 1. The predicted octanol–water partition coefficient (Wildman–Crippen LogP) is 2.88. The van der Waals surface area contributed by atoms with Crippen molar-refractivity contribution in [3.63, 3.8) is 0 Å². The number of rotatable bonds is 2. The van der Waals surface area contributed by atoms with E-state index >= 15 is 0 Å². The molecule has 0 spiro atoms. The quantitative estimate of drug-likeness (QED) is 0.864. The van der Waals surface area contributed by atoms with Gasteiger partial charge in [0.05, 0.1) is 24.5 Å². The summed E-state index contributed by atoms with van der Waals surface area (Å²) in [6.45, 7) is 4.34. The third-order valence-electron chi connectivity index (χ3n) is 5.47. The molecule has 0 saturated carbocycles. The zero-order valence-corrected chi connectivity index (χ0v) is 15.8. The number of nitrogens with zero attached hydrogens (tertiary/aromatic N) is 4. The van der Waals surface area contributed by atoms with Crippen molar-refractivity contribution < 1.29 is 14.6 Å². The highest BCUT2D eigenvalue weighted by Gasteiger charge is 2.31. The SMILES string of the molecule is CC1CN(c2nc(-c3ccccc3)c3c(c2C#N)CCOC3)CCN1C(=O)O. The average molecular weight is 378 g/mol. The number of hydrogen-bond donors (Lipinski definition) is 1. The predicted molar refractivity (Wildman–Crippen MR) is 104 cm³/mol. The Morgan fingerprint density at radius 3 is 2.75 bits per heavy atom. The lowest BCUT2D eigenvalue weighted by Crippen LogP contribution is -2.54. The molecule has 1 aromatic carbocycles. The van der Waals surface area contributed by atoms with E-state index in [-0.39, 0.29) is 6.04 Å². The first-order chi connectivity index (χ1) is 13.6. The maximum absolute atomic E-state index is 11.4. The highest BCUT2D eigenvalue weighted by atomic mass is 16.5. The van der Waals surface area contributed by atoms with E-state index in [0.717, 1.165) is 22.4 Å². The lowest BCUT2D eigenvalue weighted by molar-refractivity contribution is 0.110. The van der Waals surface area contributed by atoms with Gasteiger partial charge in [-0.15, -0.1) is 0 Å². The molecule has 2 aromatic rings. The summed E-state index contributed by atoms with van der Waals surface area (Å²) < 4.78 is 5.67. The van der Waals surface area contributed by atoms with E-state index < -0.39 is 6.09 Å². The fraction of sp³-hybridized carbons (Fsp3) is 0.381. The van der Waals surface area contributed by atoms with Crippen LogP contribution in [0.25, 0.3) is 11.3 Å². The smallest absolute Gasteiger partial charge is 0.407 e. The van der Waals surface area contributed by atoms with Crippen LogP contribution in [0.4, 0.5) is 10.6 Å². The zero-order chi connectivity index (χ0) is 19.7. The zero-order valence-electron chi connectivity index (χ0n) is 15.8. The van der Waals surface area contributed by atoms with E-state index in [2.05, 4.69) is 6.07 Å². The minimum atomic E-state index is -0.909. The first-order valence-electron chi connectivity index (χ1n) is 9.43. The highest BCUT2D eigenvalue weighted by molar-refractivity contribution is 5.73. The molecule has 4 rings (SSSR count). The molecule has 1 unspecified atom stereocenters. The third kappa shape index (κ3) is 3.16. The monoisotopic (exact) mass is 378 g/mol. The Hall–Kier alpha value is -3.11. The van der Waals surface area contributed by atoms with Crippen LogP contribution in [-0.2, 0) is 17.8 Å². The first-order valence-corrected chi connectivity index (χ1v) is 9.43. The van der Waals surface area contributed by atoms with Gasteiger partial charge in [-0.05, 0) is 18.9 Å². The Labute approximate surface area is 163 Å². The Kier molecular flexibility index (Phi) is 4.88. The van der Waals surface area contributed by atoms with Gasteiger partial charge in [0, 0.05) is 36.8 Å². The summed E-state index contributed by atoms with van der Waals surface area (Å²) in [5.74, 6) is 0.652. The van der Waals surface area contributed by atoms with Crippen LogP contribution in [0.2, 0.25) is 0 Å². The number of ether oxygens (including phenoxy) is 1. The van der Waals surface area contributed by atoms with Crippen LogP contribution in [0, 0.1) is 11.3 Å². The average Bonchev–Trinajstić information content (AvgIpc) is 2.72. The topological polar surface area (TPSA) is 89.7 Å². The van der Waals surface area contributed by atoms with Crippen LogP contribution in [0.15, 0.2) is 30.3 Å². The largest absolute Gasteiger partial charge is 0.465 e. The van der Waals surface area contributed by atoms with Gasteiger partial charge >= 0.3 is 6.09 Å². The molecule has 1 N–H and O–H groups in total. The van der Waals surface area contributed by atoms with Crippen LogP contribution < -0.4 is 4.90 Å². The van der Waals surface area contributed by atoms with Crippen LogP contribution in [0.1, 0.15) is 23.6 Å². The van der Waals surface area contributed by atoms with Crippen LogP contribution in [0.5, 0.6) is 0 Å². The molecular formula is C21H22N4O3. The van der Waals surface area contributed by atoms with Gasteiger partial charge in [-0.2, -0.15) is 5.26 Å². The number of benzene rings is 1. The fourth-order valence-corrected chi connectivity index (χ4v) is 4.05. The second kappa shape index (κ2) is 7.49. The van der Waals surface area contributed by atoms with E-state index in [4.69, 9.17) is 9.72 Å². The van der Waals surface area contributed by atoms with Gasteiger partial charge in [0.25, 0.3) is 0 Å². The van der Waals surface area contributed by atoms with Crippen molar-refractivity contribution in [2.45, 2.75) is 26.0 Å². The number of hydrogen-bond acceptors (Lipinski definition) is 5. The third-order valence-corrected chi connectivity index (χ3v) is 5.47. The molecule has 0 bridgehead atoms. The molecule has 1 aromatic heterocycles. The van der Waals surface area contributed by atoms with E-state index in [1.165, 1.54) is 4.90 Å². The Morgan fingerprint density at radius 2 is 2.07 bits per heavy atom. The molecule has 0 radical (unpaired) electrons. The molecule has 1 saturated heterocycles. The van der Waals surface area contributed by atoms with E-state index in [0.29, 0.717) is 50.7 Å². The number of anilines is 1. The van der Waals surface area contributed by atoms with Gasteiger partial charge in [0.15, 0.2) is 0 Å². The summed E-state index contributed by atoms with van der Waals surface area (Å²) in [5, 5.41) is 19.3. The molecular weight excluding hydrogens is 356 g/mol. The number of amides is 1. The molecule has 0 aliphatic carbocycles. The molecule has 7 heteroatoms. The number of pyridine rings is 1. The van der Waals surface area contributed by atoms with Crippen molar-refractivity contribution in [1.82, 2.24) is 9.88 Å². The summed E-state index contributed by atoms with van der Waals surface area (Å²) in [7, 11) is 0. The highest BCUT2D eigenvalue weighted by Crippen LogP contribution is 2.35. The summed E-state index contributed by atoms with van der Waals surface area (Å²) in [6, 6.07) is 12.1. The van der Waals surface area contributed by atoms with Crippen molar-refractivity contribution in [3.05, 3.63) is 47.0 Å². The maximum atomic E-state index is 11.4. The van der Waals surface area contributed by atoms with Crippen molar-refractivity contribution in [3.8, 4) is 17.3 Å². The number of carbonyl (C=O) groups is 1. The summed E-state index contributed by atoms with van der Waals surface area (Å²) in [5.41, 5.74) is 4.42. The van der Waals surface area contributed by atoms with Crippen LogP contribution >= 0.6 is 0 Å². The van der Waals surface area contributed by atoms with E-state index in [1.807, 2.05) is 42.2 Å². The van der Waals surface area contributed by atoms with Gasteiger partial charge < -0.3 is 19.6 Å². The van der Waals surface area contributed by atoms with Gasteiger partial charge in [-0.25, -0.2) is 9.78 Å². The van der Waals surface area contributed by atoms with Gasteiger partial charge in [-0.3, -0.25) is 0 Å². The van der Waals surface area contributed by atoms with E-state index in [1.54, 1.807) is 0 Å². The van der Waals surface area contributed by atoms with Gasteiger partial charge in [-0.1, -0.05) is 30.3 Å². The molecule has 2 aliphatic rings. The Bertz CT molecular complexity index is 939. The number of fused-ring (bicyclic) bond motifs is 1. The van der Waals surface area contributed by atoms with Gasteiger partial charge in [0.2, 0.25) is 0 Å². The molecule has 144 valence electrons. The minimum Gasteiger partial charge on any atom is -0.465 e. The molecule has 3 heterocycles. The minimum absolute atomic E-state index is 0.167. The van der Waals surface area contributed by atoms with Crippen molar-refractivity contribution in [1.29, 1.82) is 5.26 Å². The summed E-state index contributed by atoms with van der Waals surface area (Å²) >= 11 is 0. The Balaban J connectivity index is 1.81. The fourth-order valence-electron chi connectivity index (χ4n) is 4.05. The second-order valence-electron chi connectivity index (χ2n) is 7.17. The molecule has 28 heavy (non-hydrogen) atoms. The molecule has 2 aliphatic heterocycles. The van der Waals surface area contributed by atoms with Crippen molar-refractivity contribution in [2.75, 3.05) is 31.1 Å². The first kappa shape index (κ1) is 18.3. The van der Waals surface area contributed by atoms with Crippen LogP contribution in [-0.4, -0.2) is 53.4 Å². The number of aromatic nitrogens is 1. The van der Waals surface area contributed by atoms with Crippen molar-refractivity contribution >= 4 is 11.9 Å². The van der Waals surface area contributed by atoms with Gasteiger partial charge in [0.1, 0.15) is 11.9 Å². The van der Waals surface area contributed by atoms with Crippen molar-refractivity contribution in [2.24, 2.45) is 0 Å². The lowest BCUT2D eigenvalue weighted by atomic mass is 9.93. The number of piperazine rings is 1. The molecule has 1 atom stereocenters. The second-order valence-corrected chi connectivity index (χ2v) is 7.17.